The molecule has 1 N–H and O–H groups in total. The van der Waals surface area contributed by atoms with Crippen molar-refractivity contribution in [3.05, 3.63) is 0 Å². The summed E-state index contributed by atoms with van der Waals surface area (Å²) in [6, 6.07) is -0.391. The third-order valence-corrected chi connectivity index (χ3v) is 6.46. The monoisotopic (exact) mass is 303 g/mol. The Labute approximate surface area is 121 Å². The molecule has 3 unspecified atom stereocenters. The standard InChI is InChI=1S/C14H25NO4S/c1-14(2,3)7-4-8-20(18,19)15-10-5-6-12(15)11(9-10)13(16)17/h10-12H,4-9H2,1-3H3,(H,16,17). The smallest absolute Gasteiger partial charge is 0.308 e. The molecule has 2 heterocycles. The minimum absolute atomic E-state index is 0.0827. The van der Waals surface area contributed by atoms with Gasteiger partial charge in [-0.2, -0.15) is 4.31 Å². The molecule has 20 heavy (non-hydrogen) atoms. The summed E-state index contributed by atoms with van der Waals surface area (Å²) in [4.78, 5) is 11.2. The number of sulfonamides is 1. The Balaban J connectivity index is 2.02. The molecular weight excluding hydrogens is 278 g/mol. The van der Waals surface area contributed by atoms with Gasteiger partial charge in [0.2, 0.25) is 10.0 Å². The van der Waals surface area contributed by atoms with E-state index in [1.807, 2.05) is 0 Å². The Morgan fingerprint density at radius 2 is 1.95 bits per heavy atom. The summed E-state index contributed by atoms with van der Waals surface area (Å²) < 4.78 is 26.5. The highest BCUT2D eigenvalue weighted by atomic mass is 32.2. The topological polar surface area (TPSA) is 74.7 Å². The van der Waals surface area contributed by atoms with Gasteiger partial charge in [0.1, 0.15) is 0 Å². The zero-order chi connectivity index (χ0) is 15.1. The molecule has 0 amide bonds. The number of nitrogens with zero attached hydrogens (tertiary/aromatic N) is 1. The van der Waals surface area contributed by atoms with Crippen molar-refractivity contribution in [2.45, 2.75) is 65.0 Å². The molecule has 0 aromatic carbocycles. The van der Waals surface area contributed by atoms with E-state index in [1.165, 1.54) is 4.31 Å². The third-order valence-electron chi connectivity index (χ3n) is 4.44. The van der Waals surface area contributed by atoms with Gasteiger partial charge in [0.25, 0.3) is 0 Å². The van der Waals surface area contributed by atoms with Gasteiger partial charge in [-0.05, 0) is 37.5 Å². The van der Waals surface area contributed by atoms with Crippen LogP contribution in [0.5, 0.6) is 0 Å². The summed E-state index contributed by atoms with van der Waals surface area (Å²) in [5, 5.41) is 9.18. The average molecular weight is 303 g/mol. The van der Waals surface area contributed by atoms with Gasteiger partial charge in [0, 0.05) is 12.1 Å². The van der Waals surface area contributed by atoms with Crippen LogP contribution in [0.1, 0.15) is 52.9 Å². The molecule has 116 valence electrons. The van der Waals surface area contributed by atoms with Gasteiger partial charge >= 0.3 is 5.97 Å². The number of fused-ring (bicyclic) bond motifs is 2. The number of carboxylic acid groups (broad SMARTS) is 1. The van der Waals surface area contributed by atoms with Crippen LogP contribution in [0.3, 0.4) is 0 Å². The number of hydrogen-bond donors (Lipinski definition) is 1. The lowest BCUT2D eigenvalue weighted by Crippen LogP contribution is -2.39. The van der Waals surface area contributed by atoms with Gasteiger partial charge < -0.3 is 5.11 Å². The van der Waals surface area contributed by atoms with Crippen LogP contribution in [0.15, 0.2) is 0 Å². The van der Waals surface area contributed by atoms with Crippen molar-refractivity contribution in [2.24, 2.45) is 11.3 Å². The summed E-state index contributed by atoms with van der Waals surface area (Å²) >= 11 is 0. The van der Waals surface area contributed by atoms with Crippen LogP contribution in [-0.2, 0) is 14.8 Å². The highest BCUT2D eigenvalue weighted by Crippen LogP contribution is 2.43. The molecule has 2 aliphatic heterocycles. The maximum atomic E-state index is 12.5. The fourth-order valence-corrected chi connectivity index (χ4v) is 5.56. The van der Waals surface area contributed by atoms with Crippen molar-refractivity contribution in [1.29, 1.82) is 0 Å². The van der Waals surface area contributed by atoms with Crippen LogP contribution >= 0.6 is 0 Å². The van der Waals surface area contributed by atoms with Crippen LogP contribution in [0.2, 0.25) is 0 Å². The normalized spacial score (nSPS) is 30.9. The second kappa shape index (κ2) is 5.30. The van der Waals surface area contributed by atoms with Crippen LogP contribution in [0, 0.1) is 11.3 Å². The first-order valence-corrected chi connectivity index (χ1v) is 8.97. The molecule has 6 heteroatoms. The highest BCUT2D eigenvalue weighted by Gasteiger charge is 2.53. The molecule has 0 saturated carbocycles. The minimum Gasteiger partial charge on any atom is -0.481 e. The quantitative estimate of drug-likeness (QED) is 0.844. The van der Waals surface area contributed by atoms with Crippen LogP contribution in [0.25, 0.3) is 0 Å². The summed E-state index contributed by atoms with van der Waals surface area (Å²) in [5.74, 6) is -1.22. The Hall–Kier alpha value is -0.620. The summed E-state index contributed by atoms with van der Waals surface area (Å²) in [6.45, 7) is 6.29. The van der Waals surface area contributed by atoms with Crippen molar-refractivity contribution in [3.63, 3.8) is 0 Å². The maximum Gasteiger partial charge on any atom is 0.308 e. The first-order valence-electron chi connectivity index (χ1n) is 7.36. The van der Waals surface area contributed by atoms with Crippen molar-refractivity contribution in [3.8, 4) is 0 Å². The molecule has 0 aliphatic carbocycles. The fourth-order valence-electron chi connectivity index (χ4n) is 3.53. The highest BCUT2D eigenvalue weighted by molar-refractivity contribution is 7.89. The van der Waals surface area contributed by atoms with Crippen LogP contribution < -0.4 is 0 Å². The van der Waals surface area contributed by atoms with Gasteiger partial charge in [-0.25, -0.2) is 8.42 Å². The lowest BCUT2D eigenvalue weighted by Gasteiger charge is -2.24. The van der Waals surface area contributed by atoms with Gasteiger partial charge in [-0.1, -0.05) is 20.8 Å². The second-order valence-corrected chi connectivity index (χ2v) is 9.28. The zero-order valence-electron chi connectivity index (χ0n) is 12.5. The van der Waals surface area contributed by atoms with Gasteiger partial charge in [0.05, 0.1) is 11.7 Å². The lowest BCUT2D eigenvalue weighted by molar-refractivity contribution is -0.142. The number of carbonyl (C=O) groups is 1. The van der Waals surface area contributed by atoms with Gasteiger partial charge in [-0.3, -0.25) is 4.79 Å². The summed E-state index contributed by atoms with van der Waals surface area (Å²) in [6.07, 6.45) is 3.49. The number of aliphatic carboxylic acids is 1. The van der Waals surface area contributed by atoms with E-state index in [9.17, 15) is 18.3 Å². The fraction of sp³-hybridized carbons (Fsp3) is 0.929. The van der Waals surface area contributed by atoms with E-state index in [0.29, 0.717) is 19.3 Å². The number of carboxylic acids is 1. The van der Waals surface area contributed by atoms with E-state index in [0.717, 1.165) is 12.8 Å². The largest absolute Gasteiger partial charge is 0.481 e. The molecular formula is C14H25NO4S. The molecule has 2 fully saturated rings. The van der Waals surface area contributed by atoms with E-state index >= 15 is 0 Å². The minimum atomic E-state index is -3.31. The summed E-state index contributed by atoms with van der Waals surface area (Å²) in [5.41, 5.74) is 0.128. The molecule has 0 aromatic heterocycles. The molecule has 0 spiro atoms. The Morgan fingerprint density at radius 3 is 2.45 bits per heavy atom. The Kier molecular flexibility index (Phi) is 4.17. The van der Waals surface area contributed by atoms with E-state index < -0.39 is 21.9 Å². The summed E-state index contributed by atoms with van der Waals surface area (Å²) in [7, 11) is -3.31. The predicted molar refractivity (Wildman–Crippen MR) is 76.9 cm³/mol. The molecule has 5 nitrogen and oxygen atoms in total. The molecule has 2 rings (SSSR count). The zero-order valence-corrected chi connectivity index (χ0v) is 13.3. The molecule has 0 aromatic rings. The van der Waals surface area contributed by atoms with Crippen molar-refractivity contribution in [2.75, 3.05) is 5.75 Å². The third kappa shape index (κ3) is 3.17. The Morgan fingerprint density at radius 1 is 1.30 bits per heavy atom. The van der Waals surface area contributed by atoms with E-state index in [1.54, 1.807) is 0 Å². The second-order valence-electron chi connectivity index (χ2n) is 7.29. The number of rotatable bonds is 5. The first kappa shape index (κ1) is 15.8. The number of hydrogen-bond acceptors (Lipinski definition) is 3. The van der Waals surface area contributed by atoms with Crippen molar-refractivity contribution < 1.29 is 18.3 Å². The van der Waals surface area contributed by atoms with E-state index in [2.05, 4.69) is 20.8 Å². The van der Waals surface area contributed by atoms with Crippen molar-refractivity contribution >= 4 is 16.0 Å². The maximum absolute atomic E-state index is 12.5. The van der Waals surface area contributed by atoms with Gasteiger partial charge in [-0.15, -0.1) is 0 Å². The first-order chi connectivity index (χ1) is 9.12. The Bertz CT molecular complexity index is 480. The lowest BCUT2D eigenvalue weighted by atomic mass is 9.89. The molecule has 2 aliphatic rings. The SMILES string of the molecule is CC(C)(C)CCCS(=O)(=O)N1C2CCC1C(C(=O)O)C2. The molecule has 2 bridgehead atoms. The molecule has 2 saturated heterocycles. The van der Waals surface area contributed by atoms with Gasteiger partial charge in [0.15, 0.2) is 0 Å². The van der Waals surface area contributed by atoms with Crippen LogP contribution in [-0.4, -0.2) is 41.6 Å². The van der Waals surface area contributed by atoms with Crippen LogP contribution in [0.4, 0.5) is 0 Å². The van der Waals surface area contributed by atoms with E-state index in [4.69, 9.17) is 0 Å². The average Bonchev–Trinajstić information content (AvgIpc) is 2.83. The predicted octanol–water partition coefficient (Wildman–Crippen LogP) is 2.08. The molecule has 3 atom stereocenters. The van der Waals surface area contributed by atoms with Crippen molar-refractivity contribution in [1.82, 2.24) is 4.31 Å². The van der Waals surface area contributed by atoms with E-state index in [-0.39, 0.29) is 23.3 Å². The molecule has 0 radical (unpaired) electrons.